The van der Waals surface area contributed by atoms with Gasteiger partial charge in [-0.3, -0.25) is 5.43 Å². The van der Waals surface area contributed by atoms with Gasteiger partial charge in [-0.2, -0.15) is 5.10 Å². The first-order chi connectivity index (χ1) is 12.8. The summed E-state index contributed by atoms with van der Waals surface area (Å²) < 4.78 is 5.82. The van der Waals surface area contributed by atoms with E-state index in [2.05, 4.69) is 15.8 Å². The number of thiocarbonyl (C=S) groups is 1. The summed E-state index contributed by atoms with van der Waals surface area (Å²) in [6.45, 7) is 0.533. The van der Waals surface area contributed by atoms with Crippen LogP contribution in [0.1, 0.15) is 11.1 Å². The predicted octanol–water partition coefficient (Wildman–Crippen LogP) is 4.59. The van der Waals surface area contributed by atoms with Gasteiger partial charge in [0.25, 0.3) is 0 Å². The first-order valence-corrected chi connectivity index (χ1v) is 8.62. The standard InChI is InChI=1S/C21H19N3OS/c26-21(23-19-11-5-2-6-12-19)24-22-15-18-10-7-13-20(14-18)25-16-17-8-3-1-4-9-17/h1-15H,16H2,(H2,23,24,26). The summed E-state index contributed by atoms with van der Waals surface area (Å²) >= 11 is 5.21. The molecule has 130 valence electrons. The minimum atomic E-state index is 0.434. The minimum Gasteiger partial charge on any atom is -0.489 e. The zero-order chi connectivity index (χ0) is 18.0. The average molecular weight is 361 g/mol. The third-order valence-electron chi connectivity index (χ3n) is 3.52. The highest BCUT2D eigenvalue weighted by Gasteiger charge is 1.98. The molecule has 5 heteroatoms. The average Bonchev–Trinajstić information content (AvgIpc) is 2.68. The van der Waals surface area contributed by atoms with E-state index in [9.17, 15) is 0 Å². The Hall–Kier alpha value is -3.18. The van der Waals surface area contributed by atoms with Crippen molar-refractivity contribution in [2.45, 2.75) is 6.61 Å². The summed E-state index contributed by atoms with van der Waals surface area (Å²) in [5, 5.41) is 7.66. The van der Waals surface area contributed by atoms with E-state index in [0.717, 1.165) is 22.6 Å². The van der Waals surface area contributed by atoms with Crippen molar-refractivity contribution in [1.29, 1.82) is 0 Å². The number of para-hydroxylation sites is 1. The van der Waals surface area contributed by atoms with E-state index in [-0.39, 0.29) is 0 Å². The molecule has 26 heavy (non-hydrogen) atoms. The van der Waals surface area contributed by atoms with Crippen LogP contribution in [0, 0.1) is 0 Å². The smallest absolute Gasteiger partial charge is 0.191 e. The van der Waals surface area contributed by atoms with Gasteiger partial charge in [-0.15, -0.1) is 0 Å². The number of nitrogens with zero attached hydrogens (tertiary/aromatic N) is 1. The van der Waals surface area contributed by atoms with Crippen LogP contribution in [0.15, 0.2) is 90.0 Å². The Labute approximate surface area is 158 Å². The molecule has 0 aliphatic carbocycles. The fourth-order valence-corrected chi connectivity index (χ4v) is 2.44. The molecule has 3 aromatic carbocycles. The predicted molar refractivity (Wildman–Crippen MR) is 111 cm³/mol. The summed E-state index contributed by atoms with van der Waals surface area (Å²) in [6, 6.07) is 27.5. The van der Waals surface area contributed by atoms with Gasteiger partial charge in [-0.1, -0.05) is 60.7 Å². The van der Waals surface area contributed by atoms with Crippen molar-refractivity contribution >= 4 is 29.2 Å². The van der Waals surface area contributed by atoms with Crippen molar-refractivity contribution in [2.24, 2.45) is 5.10 Å². The maximum Gasteiger partial charge on any atom is 0.191 e. The van der Waals surface area contributed by atoms with Crippen molar-refractivity contribution in [3.05, 3.63) is 96.1 Å². The molecular weight excluding hydrogens is 342 g/mol. The normalized spacial score (nSPS) is 10.5. The SMILES string of the molecule is S=C(NN=Cc1cccc(OCc2ccccc2)c1)Nc1ccccc1. The molecule has 0 radical (unpaired) electrons. The van der Waals surface area contributed by atoms with Gasteiger partial charge in [-0.25, -0.2) is 0 Å². The molecule has 2 N–H and O–H groups in total. The van der Waals surface area contributed by atoms with Gasteiger partial charge in [0.15, 0.2) is 5.11 Å². The molecule has 0 saturated carbocycles. The number of ether oxygens (including phenoxy) is 1. The van der Waals surface area contributed by atoms with Crippen molar-refractivity contribution in [3.8, 4) is 5.75 Å². The third-order valence-corrected chi connectivity index (χ3v) is 3.71. The van der Waals surface area contributed by atoms with Gasteiger partial charge >= 0.3 is 0 Å². The second kappa shape index (κ2) is 9.34. The van der Waals surface area contributed by atoms with Gasteiger partial charge in [0.1, 0.15) is 12.4 Å². The highest BCUT2D eigenvalue weighted by molar-refractivity contribution is 7.80. The van der Waals surface area contributed by atoms with E-state index in [1.807, 2.05) is 84.9 Å². The molecule has 0 aromatic heterocycles. The molecule has 0 saturated heterocycles. The number of hydrogen-bond donors (Lipinski definition) is 2. The summed E-state index contributed by atoms with van der Waals surface area (Å²) in [5.74, 6) is 0.794. The maximum absolute atomic E-state index is 5.82. The van der Waals surface area contributed by atoms with E-state index in [1.165, 1.54) is 0 Å². The first-order valence-electron chi connectivity index (χ1n) is 8.21. The Balaban J connectivity index is 1.51. The summed E-state index contributed by atoms with van der Waals surface area (Å²) in [6.07, 6.45) is 1.70. The molecular formula is C21H19N3OS. The minimum absolute atomic E-state index is 0.434. The van der Waals surface area contributed by atoms with Gasteiger partial charge in [-0.05, 0) is 47.6 Å². The van der Waals surface area contributed by atoms with E-state index in [1.54, 1.807) is 6.21 Å². The molecule has 0 aliphatic rings. The van der Waals surface area contributed by atoms with Crippen molar-refractivity contribution in [3.63, 3.8) is 0 Å². The first kappa shape index (κ1) is 17.6. The Morgan fingerprint density at radius 1 is 0.923 bits per heavy atom. The largest absolute Gasteiger partial charge is 0.489 e. The number of nitrogens with one attached hydrogen (secondary N) is 2. The van der Waals surface area contributed by atoms with E-state index in [0.29, 0.717) is 11.7 Å². The summed E-state index contributed by atoms with van der Waals surface area (Å²) in [4.78, 5) is 0. The van der Waals surface area contributed by atoms with Crippen LogP contribution < -0.4 is 15.5 Å². The van der Waals surface area contributed by atoms with Crippen LogP contribution in [-0.4, -0.2) is 11.3 Å². The van der Waals surface area contributed by atoms with Crippen molar-refractivity contribution < 1.29 is 4.74 Å². The second-order valence-corrected chi connectivity index (χ2v) is 5.95. The number of anilines is 1. The van der Waals surface area contributed by atoms with E-state index < -0.39 is 0 Å². The van der Waals surface area contributed by atoms with Gasteiger partial charge in [0, 0.05) is 5.69 Å². The molecule has 0 aliphatic heterocycles. The van der Waals surface area contributed by atoms with Crippen LogP contribution >= 0.6 is 12.2 Å². The summed E-state index contributed by atoms with van der Waals surface area (Å²) in [5.41, 5.74) is 5.77. The summed E-state index contributed by atoms with van der Waals surface area (Å²) in [7, 11) is 0. The fourth-order valence-electron chi connectivity index (χ4n) is 2.27. The molecule has 3 aromatic rings. The van der Waals surface area contributed by atoms with Gasteiger partial charge in [0.2, 0.25) is 0 Å². The van der Waals surface area contributed by atoms with E-state index in [4.69, 9.17) is 17.0 Å². The van der Waals surface area contributed by atoms with Crippen LogP contribution in [0.5, 0.6) is 5.75 Å². The molecule has 0 fully saturated rings. The van der Waals surface area contributed by atoms with E-state index >= 15 is 0 Å². The van der Waals surface area contributed by atoms with Crippen LogP contribution in [0.25, 0.3) is 0 Å². The van der Waals surface area contributed by atoms with Gasteiger partial charge < -0.3 is 10.1 Å². The zero-order valence-electron chi connectivity index (χ0n) is 14.1. The number of hydrazone groups is 1. The molecule has 3 rings (SSSR count). The lowest BCUT2D eigenvalue weighted by molar-refractivity contribution is 0.306. The number of benzene rings is 3. The molecule has 0 atom stereocenters. The number of hydrogen-bond acceptors (Lipinski definition) is 3. The molecule has 4 nitrogen and oxygen atoms in total. The lowest BCUT2D eigenvalue weighted by Gasteiger charge is -2.07. The quantitative estimate of drug-likeness (QED) is 0.383. The van der Waals surface area contributed by atoms with Gasteiger partial charge in [0.05, 0.1) is 6.21 Å². The van der Waals surface area contributed by atoms with Crippen molar-refractivity contribution in [1.82, 2.24) is 5.43 Å². The molecule has 0 amide bonds. The Morgan fingerprint density at radius 2 is 1.65 bits per heavy atom. The molecule has 0 spiro atoms. The van der Waals surface area contributed by atoms with Crippen LogP contribution in [0.3, 0.4) is 0 Å². The zero-order valence-corrected chi connectivity index (χ0v) is 14.9. The highest BCUT2D eigenvalue weighted by Crippen LogP contribution is 2.14. The lowest BCUT2D eigenvalue weighted by atomic mass is 10.2. The highest BCUT2D eigenvalue weighted by atomic mass is 32.1. The van der Waals surface area contributed by atoms with Crippen molar-refractivity contribution in [2.75, 3.05) is 5.32 Å². The Bertz CT molecular complexity index is 867. The van der Waals surface area contributed by atoms with Crippen LogP contribution in [-0.2, 0) is 6.61 Å². The monoisotopic (exact) mass is 361 g/mol. The second-order valence-electron chi connectivity index (χ2n) is 5.54. The molecule has 0 unspecified atom stereocenters. The Morgan fingerprint density at radius 3 is 2.42 bits per heavy atom. The fraction of sp³-hybridized carbons (Fsp3) is 0.0476. The molecule has 0 heterocycles. The Kier molecular flexibility index (Phi) is 6.34. The van der Waals surface area contributed by atoms with Crippen LogP contribution in [0.2, 0.25) is 0 Å². The van der Waals surface area contributed by atoms with Crippen LogP contribution in [0.4, 0.5) is 5.69 Å². The number of rotatable bonds is 6. The maximum atomic E-state index is 5.82. The lowest BCUT2D eigenvalue weighted by Crippen LogP contribution is -2.23. The molecule has 0 bridgehead atoms. The topological polar surface area (TPSA) is 45.7 Å². The third kappa shape index (κ3) is 5.72.